The van der Waals surface area contributed by atoms with Gasteiger partial charge in [0.15, 0.2) is 11.5 Å². The highest BCUT2D eigenvalue weighted by atomic mass is 32.2. The number of ketones is 1. The van der Waals surface area contributed by atoms with Gasteiger partial charge in [0.1, 0.15) is 0 Å². The number of hydrogen-bond acceptors (Lipinski definition) is 6. The Bertz CT molecular complexity index is 1300. The van der Waals surface area contributed by atoms with Crippen molar-refractivity contribution in [2.45, 2.75) is 11.1 Å². The summed E-state index contributed by atoms with van der Waals surface area (Å²) in [4.78, 5) is 24.3. The molecule has 0 amide bonds. The highest BCUT2D eigenvalue weighted by molar-refractivity contribution is 8.04. The Morgan fingerprint density at radius 1 is 1.00 bits per heavy atom. The maximum Gasteiger partial charge on any atom is 0.416 e. The van der Waals surface area contributed by atoms with Gasteiger partial charge in [0.2, 0.25) is 11.5 Å². The molecule has 4 rings (SSSR count). The van der Waals surface area contributed by atoms with E-state index in [2.05, 4.69) is 0 Å². The van der Waals surface area contributed by atoms with Crippen molar-refractivity contribution in [2.24, 2.45) is 0 Å². The summed E-state index contributed by atoms with van der Waals surface area (Å²) in [7, 11) is 1.35. The van der Waals surface area contributed by atoms with Crippen LogP contribution in [0.25, 0.3) is 6.08 Å². The highest BCUT2D eigenvalue weighted by Crippen LogP contribution is 2.43. The van der Waals surface area contributed by atoms with Crippen molar-refractivity contribution in [3.8, 4) is 17.2 Å². The molecule has 0 N–H and O–H groups in total. The molecule has 10 heteroatoms. The fraction of sp³-hybridized carbons (Fsp3) is 0.0870. The number of methoxy groups -OCH3 is 1. The first-order chi connectivity index (χ1) is 15.7. The molecule has 6 nitrogen and oxygen atoms in total. The minimum atomic E-state index is -4.73. The van der Waals surface area contributed by atoms with Crippen molar-refractivity contribution in [1.29, 1.82) is 0 Å². The number of hydrogen-bond donors (Lipinski definition) is 0. The molecule has 1 aliphatic heterocycles. The molecule has 1 heterocycles. The van der Waals surface area contributed by atoms with Gasteiger partial charge in [-0.15, -0.1) is 0 Å². The molecular weight excluding hydrogens is 459 g/mol. The maximum absolute atomic E-state index is 12.9. The fourth-order valence-corrected chi connectivity index (χ4v) is 4.24. The van der Waals surface area contributed by atoms with Gasteiger partial charge in [0.25, 0.3) is 0 Å². The van der Waals surface area contributed by atoms with Crippen LogP contribution in [0, 0.1) is 10.1 Å². The Balaban J connectivity index is 1.64. The number of allylic oxidation sites excluding steroid dienone is 1. The van der Waals surface area contributed by atoms with E-state index in [0.29, 0.717) is 28.2 Å². The SMILES string of the molecule is COc1cc(C=C2Sc3ccccc3C2=O)ccc1Oc1ccc(C(F)(F)F)cc1[N+](=O)[O-]. The second kappa shape index (κ2) is 8.62. The monoisotopic (exact) mass is 473 g/mol. The molecule has 0 saturated carbocycles. The zero-order chi connectivity index (χ0) is 23.8. The number of Topliss-reactive ketones (excluding diaryl/α,β-unsaturated/α-hetero) is 1. The highest BCUT2D eigenvalue weighted by Gasteiger charge is 2.33. The van der Waals surface area contributed by atoms with Crippen LogP contribution in [0.15, 0.2) is 70.5 Å². The van der Waals surface area contributed by atoms with E-state index in [1.807, 2.05) is 12.1 Å². The topological polar surface area (TPSA) is 78.7 Å². The first-order valence-electron chi connectivity index (χ1n) is 9.42. The lowest BCUT2D eigenvalue weighted by molar-refractivity contribution is -0.385. The molecule has 0 bridgehead atoms. The largest absolute Gasteiger partial charge is 0.493 e. The van der Waals surface area contributed by atoms with Gasteiger partial charge >= 0.3 is 11.9 Å². The van der Waals surface area contributed by atoms with Gasteiger partial charge in [-0.25, -0.2) is 0 Å². The summed E-state index contributed by atoms with van der Waals surface area (Å²) in [6.07, 6.45) is -3.05. The predicted molar refractivity (Wildman–Crippen MR) is 116 cm³/mol. The summed E-state index contributed by atoms with van der Waals surface area (Å²) in [5.41, 5.74) is -0.751. The van der Waals surface area contributed by atoms with Crippen LogP contribution in [0.4, 0.5) is 18.9 Å². The van der Waals surface area contributed by atoms with E-state index in [-0.39, 0.29) is 23.0 Å². The van der Waals surface area contributed by atoms with E-state index in [1.54, 1.807) is 30.3 Å². The van der Waals surface area contributed by atoms with E-state index >= 15 is 0 Å². The fourth-order valence-electron chi connectivity index (χ4n) is 3.19. The maximum atomic E-state index is 12.9. The third-order valence-corrected chi connectivity index (χ3v) is 5.86. The quantitative estimate of drug-likeness (QED) is 0.232. The number of carbonyl (C=O) groups excluding carboxylic acids is 1. The van der Waals surface area contributed by atoms with Crippen LogP contribution >= 0.6 is 11.8 Å². The zero-order valence-corrected chi connectivity index (χ0v) is 17.7. The van der Waals surface area contributed by atoms with E-state index in [9.17, 15) is 28.1 Å². The molecule has 0 aliphatic carbocycles. The minimum absolute atomic E-state index is 0.0659. The lowest BCUT2D eigenvalue weighted by Gasteiger charge is -2.13. The average Bonchev–Trinajstić information content (AvgIpc) is 3.09. The van der Waals surface area contributed by atoms with Gasteiger partial charge in [-0.1, -0.05) is 30.0 Å². The summed E-state index contributed by atoms with van der Waals surface area (Å²) >= 11 is 1.34. The van der Waals surface area contributed by atoms with Crippen molar-refractivity contribution < 1.29 is 32.4 Å². The number of fused-ring (bicyclic) bond motifs is 1. The number of halogens is 3. The number of nitro groups is 1. The lowest BCUT2D eigenvalue weighted by atomic mass is 10.1. The van der Waals surface area contributed by atoms with Crippen molar-refractivity contribution in [3.05, 3.63) is 92.4 Å². The molecule has 0 atom stereocenters. The molecule has 0 fully saturated rings. The Kier molecular flexibility index (Phi) is 5.86. The molecule has 3 aromatic carbocycles. The van der Waals surface area contributed by atoms with Crippen molar-refractivity contribution in [3.63, 3.8) is 0 Å². The summed E-state index contributed by atoms with van der Waals surface area (Å²) in [5, 5.41) is 11.3. The Morgan fingerprint density at radius 2 is 1.73 bits per heavy atom. The second-order valence-corrected chi connectivity index (χ2v) is 7.97. The van der Waals surface area contributed by atoms with Crippen LogP contribution < -0.4 is 9.47 Å². The summed E-state index contributed by atoms with van der Waals surface area (Å²) in [5.74, 6) is -0.215. The molecule has 168 valence electrons. The van der Waals surface area contributed by atoms with Crippen molar-refractivity contribution in [2.75, 3.05) is 7.11 Å². The van der Waals surface area contributed by atoms with Crippen LogP contribution in [-0.2, 0) is 6.18 Å². The third-order valence-electron chi connectivity index (χ3n) is 4.76. The van der Waals surface area contributed by atoms with Crippen LogP contribution in [0.3, 0.4) is 0 Å². The number of nitrogens with zero attached hydrogens (tertiary/aromatic N) is 1. The number of ether oxygens (including phenoxy) is 2. The van der Waals surface area contributed by atoms with Crippen LogP contribution in [0.5, 0.6) is 17.2 Å². The number of rotatable bonds is 5. The van der Waals surface area contributed by atoms with Crippen LogP contribution in [0.1, 0.15) is 21.5 Å². The van der Waals surface area contributed by atoms with Gasteiger partial charge in [0.05, 0.1) is 22.5 Å². The number of thioether (sulfide) groups is 1. The number of benzene rings is 3. The summed E-state index contributed by atoms with van der Waals surface area (Å²) in [6.45, 7) is 0. The molecule has 0 saturated heterocycles. The Morgan fingerprint density at radius 3 is 2.39 bits per heavy atom. The van der Waals surface area contributed by atoms with Gasteiger partial charge in [0, 0.05) is 16.5 Å². The smallest absolute Gasteiger partial charge is 0.416 e. The molecule has 33 heavy (non-hydrogen) atoms. The molecule has 3 aromatic rings. The van der Waals surface area contributed by atoms with Crippen LogP contribution in [-0.4, -0.2) is 17.8 Å². The molecule has 0 radical (unpaired) electrons. The average molecular weight is 473 g/mol. The standard InChI is InChI=1S/C23H14F3NO5S/c1-31-19-10-13(11-21-22(28)15-4-2-3-5-20(15)33-21)6-8-18(19)32-17-9-7-14(23(24,25)26)12-16(17)27(29)30/h2-12H,1H3. The normalized spacial score (nSPS) is 14.3. The summed E-state index contributed by atoms with van der Waals surface area (Å²) < 4.78 is 49.6. The van der Waals surface area contributed by atoms with Crippen LogP contribution in [0.2, 0.25) is 0 Å². The predicted octanol–water partition coefficient (Wildman–Crippen LogP) is 6.74. The zero-order valence-electron chi connectivity index (χ0n) is 16.9. The molecular formula is C23H14F3NO5S. The molecule has 0 aromatic heterocycles. The van der Waals surface area contributed by atoms with E-state index in [4.69, 9.17) is 9.47 Å². The van der Waals surface area contributed by atoms with Crippen molar-refractivity contribution >= 4 is 29.3 Å². The first-order valence-corrected chi connectivity index (χ1v) is 10.2. The van der Waals surface area contributed by atoms with Gasteiger partial charge in [-0.05, 0) is 48.0 Å². The van der Waals surface area contributed by atoms with E-state index in [0.717, 1.165) is 11.0 Å². The lowest BCUT2D eigenvalue weighted by Crippen LogP contribution is -2.06. The number of nitro benzene ring substituents is 1. The number of alkyl halides is 3. The Hall–Kier alpha value is -3.79. The number of carbonyl (C=O) groups is 1. The second-order valence-electron chi connectivity index (χ2n) is 6.89. The third kappa shape index (κ3) is 4.56. The molecule has 0 unspecified atom stereocenters. The van der Waals surface area contributed by atoms with Gasteiger partial charge < -0.3 is 9.47 Å². The Labute approximate surface area is 189 Å². The van der Waals surface area contributed by atoms with Crippen molar-refractivity contribution in [1.82, 2.24) is 0 Å². The molecule has 1 aliphatic rings. The minimum Gasteiger partial charge on any atom is -0.493 e. The van der Waals surface area contributed by atoms with E-state index in [1.165, 1.54) is 24.9 Å². The van der Waals surface area contributed by atoms with Gasteiger partial charge in [-0.2, -0.15) is 13.2 Å². The summed E-state index contributed by atoms with van der Waals surface area (Å²) in [6, 6.07) is 13.9. The van der Waals surface area contributed by atoms with E-state index < -0.39 is 22.4 Å². The molecule has 0 spiro atoms. The van der Waals surface area contributed by atoms with Gasteiger partial charge in [-0.3, -0.25) is 14.9 Å². The first kappa shape index (κ1) is 22.4.